The molecule has 1 amide bonds. The number of hydrogen-bond acceptors (Lipinski definition) is 4. The van der Waals surface area contributed by atoms with Gasteiger partial charge >= 0.3 is 5.97 Å². The van der Waals surface area contributed by atoms with E-state index in [-0.39, 0.29) is 23.7 Å². The van der Waals surface area contributed by atoms with Gasteiger partial charge in [0.2, 0.25) is 5.91 Å². The lowest BCUT2D eigenvalue weighted by Gasteiger charge is -2.56. The van der Waals surface area contributed by atoms with Crippen molar-refractivity contribution in [3.63, 3.8) is 0 Å². The molecule has 1 heterocycles. The van der Waals surface area contributed by atoms with E-state index in [9.17, 15) is 14.4 Å². The number of carbonyl (C=O) groups excluding carboxylic acids is 3. The van der Waals surface area contributed by atoms with Gasteiger partial charge in [-0.05, 0) is 69.1 Å². The first kappa shape index (κ1) is 18.8. The SMILES string of the molecule is O=C(COC(=O)[C@H]1CCCN1C(=O)C12CC3CC(CC(C3)C1)C2)c1ccccc1. The number of amides is 1. The molecule has 4 saturated carbocycles. The highest BCUT2D eigenvalue weighted by molar-refractivity contribution is 5.98. The molecule has 4 aliphatic carbocycles. The van der Waals surface area contributed by atoms with Crippen molar-refractivity contribution in [2.45, 2.75) is 57.4 Å². The molecule has 5 aliphatic rings. The maximum atomic E-state index is 13.6. The first-order valence-electron chi connectivity index (χ1n) is 11.1. The summed E-state index contributed by atoms with van der Waals surface area (Å²) in [4.78, 5) is 40.4. The number of rotatable bonds is 5. The molecule has 0 aromatic heterocycles. The van der Waals surface area contributed by atoms with Crippen LogP contribution >= 0.6 is 0 Å². The molecule has 5 heteroatoms. The highest BCUT2D eigenvalue weighted by Crippen LogP contribution is 2.60. The summed E-state index contributed by atoms with van der Waals surface area (Å²) in [5, 5.41) is 0. The maximum absolute atomic E-state index is 13.6. The molecular weight excluding hydrogens is 366 g/mol. The summed E-state index contributed by atoms with van der Waals surface area (Å²) < 4.78 is 5.36. The van der Waals surface area contributed by atoms with Gasteiger partial charge in [-0.2, -0.15) is 0 Å². The van der Waals surface area contributed by atoms with Crippen molar-refractivity contribution in [1.29, 1.82) is 0 Å². The zero-order valence-electron chi connectivity index (χ0n) is 16.8. The second-order valence-electron chi connectivity index (χ2n) is 9.75. The van der Waals surface area contributed by atoms with Crippen LogP contribution in [0.15, 0.2) is 30.3 Å². The standard InChI is InChI=1S/C24H29NO4/c26-21(19-5-2-1-3-6-19)15-29-22(27)20-7-4-8-25(20)23(28)24-12-16-9-17(13-24)11-18(10-16)14-24/h1-3,5-6,16-18,20H,4,7-15H2/t16?,17?,18?,20-,24?/m1/s1. The molecule has 0 radical (unpaired) electrons. The van der Waals surface area contributed by atoms with Gasteiger partial charge in [0.05, 0.1) is 5.41 Å². The number of nitrogens with zero attached hydrogens (tertiary/aromatic N) is 1. The van der Waals surface area contributed by atoms with Gasteiger partial charge in [-0.25, -0.2) is 4.79 Å². The molecule has 1 aromatic carbocycles. The number of carbonyl (C=O) groups is 3. The largest absolute Gasteiger partial charge is 0.456 e. The van der Waals surface area contributed by atoms with Gasteiger partial charge in [0.25, 0.3) is 0 Å². The predicted molar refractivity (Wildman–Crippen MR) is 107 cm³/mol. The molecule has 0 unspecified atom stereocenters. The van der Waals surface area contributed by atoms with Gasteiger partial charge in [-0.3, -0.25) is 9.59 Å². The summed E-state index contributed by atoms with van der Waals surface area (Å²) in [5.41, 5.74) is 0.297. The third-order valence-electron chi connectivity index (χ3n) is 7.72. The van der Waals surface area contributed by atoms with Crippen molar-refractivity contribution < 1.29 is 19.1 Å². The van der Waals surface area contributed by atoms with E-state index in [2.05, 4.69) is 0 Å². The predicted octanol–water partition coefficient (Wildman–Crippen LogP) is 3.62. The van der Waals surface area contributed by atoms with Gasteiger partial charge in [0.15, 0.2) is 12.4 Å². The van der Waals surface area contributed by atoms with E-state index in [0.29, 0.717) is 36.3 Å². The van der Waals surface area contributed by atoms with E-state index in [1.165, 1.54) is 19.3 Å². The van der Waals surface area contributed by atoms with Crippen molar-refractivity contribution in [3.05, 3.63) is 35.9 Å². The van der Waals surface area contributed by atoms with Crippen molar-refractivity contribution in [2.24, 2.45) is 23.2 Å². The molecule has 5 nitrogen and oxygen atoms in total. The molecular formula is C24H29NO4. The Labute approximate surface area is 171 Å². The minimum Gasteiger partial charge on any atom is -0.456 e. The minimum absolute atomic E-state index is 0.186. The summed E-state index contributed by atoms with van der Waals surface area (Å²) >= 11 is 0. The normalized spacial score (nSPS) is 35.0. The molecule has 5 fully saturated rings. The van der Waals surface area contributed by atoms with E-state index in [4.69, 9.17) is 4.74 Å². The zero-order valence-corrected chi connectivity index (χ0v) is 16.8. The third kappa shape index (κ3) is 3.38. The van der Waals surface area contributed by atoms with Crippen LogP contribution in [0.4, 0.5) is 0 Å². The molecule has 0 spiro atoms. The van der Waals surface area contributed by atoms with E-state index in [1.807, 2.05) is 6.07 Å². The van der Waals surface area contributed by atoms with E-state index in [0.717, 1.165) is 25.7 Å². The van der Waals surface area contributed by atoms with Crippen molar-refractivity contribution in [3.8, 4) is 0 Å². The van der Waals surface area contributed by atoms with Crippen LogP contribution in [0.5, 0.6) is 0 Å². The van der Waals surface area contributed by atoms with Gasteiger partial charge in [0, 0.05) is 12.1 Å². The lowest BCUT2D eigenvalue weighted by atomic mass is 9.49. The Morgan fingerprint density at radius 3 is 2.21 bits per heavy atom. The Morgan fingerprint density at radius 1 is 0.966 bits per heavy atom. The fraction of sp³-hybridized carbons (Fsp3) is 0.625. The average Bonchev–Trinajstić information content (AvgIpc) is 3.20. The lowest BCUT2D eigenvalue weighted by molar-refractivity contribution is -0.165. The number of esters is 1. The van der Waals surface area contributed by atoms with E-state index >= 15 is 0 Å². The monoisotopic (exact) mass is 395 g/mol. The van der Waals surface area contributed by atoms with Crippen molar-refractivity contribution in [2.75, 3.05) is 13.2 Å². The summed E-state index contributed by atoms with van der Waals surface area (Å²) in [7, 11) is 0. The van der Waals surface area contributed by atoms with Gasteiger partial charge in [-0.15, -0.1) is 0 Å². The number of benzene rings is 1. The zero-order chi connectivity index (χ0) is 20.0. The second-order valence-corrected chi connectivity index (χ2v) is 9.75. The fourth-order valence-corrected chi connectivity index (χ4v) is 6.87. The Kier molecular flexibility index (Phi) is 4.72. The molecule has 1 saturated heterocycles. The van der Waals surface area contributed by atoms with Crippen molar-refractivity contribution in [1.82, 2.24) is 4.90 Å². The maximum Gasteiger partial charge on any atom is 0.329 e. The molecule has 1 aromatic rings. The molecule has 6 rings (SSSR count). The van der Waals surface area contributed by atoms with Crippen LogP contribution in [-0.2, 0) is 14.3 Å². The Hall–Kier alpha value is -2.17. The van der Waals surface area contributed by atoms with Crippen LogP contribution in [0.25, 0.3) is 0 Å². The topological polar surface area (TPSA) is 63.7 Å². The number of Topliss-reactive ketones (excluding diaryl/α,β-unsaturated/α-hetero) is 1. The molecule has 154 valence electrons. The third-order valence-corrected chi connectivity index (χ3v) is 7.72. The molecule has 1 atom stereocenters. The molecule has 4 bridgehead atoms. The number of hydrogen-bond donors (Lipinski definition) is 0. The highest BCUT2D eigenvalue weighted by atomic mass is 16.5. The second kappa shape index (κ2) is 7.26. The van der Waals surface area contributed by atoms with Crippen LogP contribution in [0.3, 0.4) is 0 Å². The quantitative estimate of drug-likeness (QED) is 0.564. The fourth-order valence-electron chi connectivity index (χ4n) is 6.87. The minimum atomic E-state index is -0.529. The van der Waals surface area contributed by atoms with Crippen LogP contribution in [0.1, 0.15) is 61.7 Å². The van der Waals surface area contributed by atoms with Crippen LogP contribution < -0.4 is 0 Å². The highest BCUT2D eigenvalue weighted by Gasteiger charge is 2.57. The van der Waals surface area contributed by atoms with E-state index < -0.39 is 12.0 Å². The number of likely N-dealkylation sites (tertiary alicyclic amines) is 1. The average molecular weight is 395 g/mol. The summed E-state index contributed by atoms with van der Waals surface area (Å²) in [6.07, 6.45) is 8.34. The first-order chi connectivity index (χ1) is 14.0. The first-order valence-corrected chi connectivity index (χ1v) is 11.1. The number of ether oxygens (including phenoxy) is 1. The summed E-state index contributed by atoms with van der Waals surface area (Å²) in [6, 6.07) is 8.33. The lowest BCUT2D eigenvalue weighted by Crippen LogP contribution is -2.56. The van der Waals surface area contributed by atoms with Gasteiger partial charge < -0.3 is 9.64 Å². The van der Waals surface area contributed by atoms with Crippen molar-refractivity contribution >= 4 is 17.7 Å². The summed E-state index contributed by atoms with van der Waals surface area (Å²) in [5.74, 6) is 1.64. The Morgan fingerprint density at radius 2 is 1.59 bits per heavy atom. The van der Waals surface area contributed by atoms with Crippen LogP contribution in [0, 0.1) is 23.2 Å². The van der Waals surface area contributed by atoms with E-state index in [1.54, 1.807) is 29.2 Å². The Balaban J connectivity index is 1.25. The van der Waals surface area contributed by atoms with Gasteiger partial charge in [-0.1, -0.05) is 30.3 Å². The van der Waals surface area contributed by atoms with Gasteiger partial charge in [0.1, 0.15) is 6.04 Å². The molecule has 0 N–H and O–H groups in total. The van der Waals surface area contributed by atoms with Crippen LogP contribution in [0.2, 0.25) is 0 Å². The van der Waals surface area contributed by atoms with Crippen LogP contribution in [-0.4, -0.2) is 41.8 Å². The molecule has 1 aliphatic heterocycles. The number of ketones is 1. The molecule has 29 heavy (non-hydrogen) atoms. The smallest absolute Gasteiger partial charge is 0.329 e. The Bertz CT molecular complexity index is 782. The summed E-state index contributed by atoms with van der Waals surface area (Å²) in [6.45, 7) is 0.367.